The molecule has 1 atom stereocenters. The van der Waals surface area contributed by atoms with Crippen LogP contribution in [0, 0.1) is 38.5 Å². The van der Waals surface area contributed by atoms with E-state index in [1.165, 1.54) is 6.92 Å². The topological polar surface area (TPSA) is 184 Å². The zero-order valence-electron chi connectivity index (χ0n) is 40.2. The first-order valence-corrected chi connectivity index (χ1v) is 22.4. The van der Waals surface area contributed by atoms with Gasteiger partial charge in [0.25, 0.3) is 0 Å². The van der Waals surface area contributed by atoms with Gasteiger partial charge in [-0.2, -0.15) is 0 Å². The zero-order chi connectivity index (χ0) is 49.6. The van der Waals surface area contributed by atoms with Crippen molar-refractivity contribution in [3.05, 3.63) is 130 Å². The maximum Gasteiger partial charge on any atom is 0.330 e. The molecule has 0 aliphatic heterocycles. The number of para-hydroxylation sites is 2. The predicted molar refractivity (Wildman–Crippen MR) is 253 cm³/mol. The normalized spacial score (nSPS) is 14.0. The molecule has 0 fully saturated rings. The molecule has 0 saturated carbocycles. The summed E-state index contributed by atoms with van der Waals surface area (Å²) in [7, 11) is 0. The minimum atomic E-state index is -1.06. The van der Waals surface area contributed by atoms with Gasteiger partial charge in [0.2, 0.25) is 0 Å². The van der Waals surface area contributed by atoms with Crippen LogP contribution in [0.4, 0.5) is 0 Å². The lowest BCUT2D eigenvalue weighted by Gasteiger charge is -2.34. The molecule has 5 aromatic rings. The molecule has 0 spiro atoms. The Kier molecular flexibility index (Phi) is 15.3. The summed E-state index contributed by atoms with van der Waals surface area (Å²) in [6, 6.07) is 23.6. The lowest BCUT2D eigenvalue weighted by atomic mass is 9.68. The number of benzene rings is 4. The van der Waals surface area contributed by atoms with E-state index in [4.69, 9.17) is 38.4 Å². The molecule has 0 radical (unpaired) electrons. The highest BCUT2D eigenvalue weighted by atomic mass is 16.6. The predicted octanol–water partition coefficient (Wildman–Crippen LogP) is 9.03. The summed E-state index contributed by atoms with van der Waals surface area (Å²) in [5.41, 5.74) is 6.65. The summed E-state index contributed by atoms with van der Waals surface area (Å²) in [5, 5.41) is 0. The van der Waals surface area contributed by atoms with Crippen molar-refractivity contribution in [3.63, 3.8) is 0 Å². The van der Waals surface area contributed by atoms with Crippen LogP contribution in [0.2, 0.25) is 0 Å². The van der Waals surface area contributed by atoms with E-state index in [9.17, 15) is 28.8 Å². The van der Waals surface area contributed by atoms with E-state index < -0.39 is 52.1 Å². The number of carbonyl (C=O) groups is 6. The van der Waals surface area contributed by atoms with Gasteiger partial charge >= 0.3 is 35.8 Å². The second-order valence-corrected chi connectivity index (χ2v) is 18.8. The summed E-state index contributed by atoms with van der Waals surface area (Å²) in [6.07, 6.45) is 0.204. The molecule has 4 aromatic carbocycles. The second kappa shape index (κ2) is 20.7. The van der Waals surface area contributed by atoms with Crippen molar-refractivity contribution in [1.29, 1.82) is 0 Å². The van der Waals surface area contributed by atoms with Crippen LogP contribution in [0.15, 0.2) is 85.5 Å². The molecule has 14 heteroatoms. The summed E-state index contributed by atoms with van der Waals surface area (Å²) >= 11 is 0. The van der Waals surface area contributed by atoms with Crippen LogP contribution in [0.5, 0.6) is 11.5 Å². The van der Waals surface area contributed by atoms with Gasteiger partial charge in [0.1, 0.15) is 11.5 Å². The standard InChI is InChI=1S/C54H58N2O12/c1-11-43(58)64-29-53(9,10)31-66-45(60)21-23-47(62)68-50-34(4)26-38(27-35(50)5)54(40-17-13-12-16-39(40)48-51(54)56-42-19-15-14-18-41(42)55-48)37-24-32(2)49(33(3)25-37)67-46(61)22-20-44(59)65-30-52(7,8)28-63-36(6)57/h11-19,24-27H,1,20-23,28-31H2,2-10H3. The number of aryl methyl sites for hydroxylation is 4. The number of fused-ring (bicyclic) bond motifs is 4. The highest BCUT2D eigenvalue weighted by molar-refractivity contribution is 5.88. The molecule has 1 aliphatic rings. The van der Waals surface area contributed by atoms with Crippen LogP contribution < -0.4 is 9.47 Å². The monoisotopic (exact) mass is 926 g/mol. The fourth-order valence-corrected chi connectivity index (χ4v) is 8.14. The number of hydrogen-bond acceptors (Lipinski definition) is 14. The minimum Gasteiger partial charge on any atom is -0.465 e. The Morgan fingerprint density at radius 3 is 1.46 bits per heavy atom. The van der Waals surface area contributed by atoms with E-state index in [1.54, 1.807) is 27.7 Å². The SMILES string of the molecule is C=CC(=O)OCC(C)(C)COC(=O)CCC(=O)Oc1c(C)cc(C2(c3cc(C)c(OC(=O)CCC(=O)OCC(C)(C)COC(C)=O)c(C)c3)c3ccccc3-c3nc4ccccc4nc32)cc1C. The van der Waals surface area contributed by atoms with Crippen molar-refractivity contribution in [2.45, 2.75) is 93.4 Å². The molecule has 356 valence electrons. The number of esters is 6. The largest absolute Gasteiger partial charge is 0.465 e. The first-order valence-electron chi connectivity index (χ1n) is 22.4. The van der Waals surface area contributed by atoms with Crippen LogP contribution in [-0.2, 0) is 53.1 Å². The minimum absolute atomic E-state index is 0.00698. The fourth-order valence-electron chi connectivity index (χ4n) is 8.14. The van der Waals surface area contributed by atoms with Crippen molar-refractivity contribution in [1.82, 2.24) is 9.97 Å². The highest BCUT2D eigenvalue weighted by Gasteiger charge is 2.49. The summed E-state index contributed by atoms with van der Waals surface area (Å²) in [5.74, 6) is -2.68. The summed E-state index contributed by atoms with van der Waals surface area (Å²) in [6.45, 7) is 19.4. The van der Waals surface area contributed by atoms with Crippen molar-refractivity contribution >= 4 is 46.8 Å². The average molecular weight is 927 g/mol. The van der Waals surface area contributed by atoms with E-state index in [0.717, 1.165) is 33.8 Å². The molecule has 68 heavy (non-hydrogen) atoms. The van der Waals surface area contributed by atoms with Gasteiger partial charge < -0.3 is 28.4 Å². The Bertz CT molecular complexity index is 2760. The Balaban J connectivity index is 1.29. The van der Waals surface area contributed by atoms with Gasteiger partial charge in [-0.15, -0.1) is 0 Å². The van der Waals surface area contributed by atoms with Crippen molar-refractivity contribution < 1.29 is 57.2 Å². The molecule has 1 aliphatic carbocycles. The molecule has 0 saturated heterocycles. The number of hydrogen-bond donors (Lipinski definition) is 0. The molecule has 0 bridgehead atoms. The second-order valence-electron chi connectivity index (χ2n) is 18.8. The molecule has 1 aromatic heterocycles. The Morgan fingerprint density at radius 1 is 0.574 bits per heavy atom. The number of nitrogens with zero attached hydrogens (tertiary/aromatic N) is 2. The average Bonchev–Trinajstić information content (AvgIpc) is 3.58. The molecule has 1 unspecified atom stereocenters. The molecule has 1 heterocycles. The quantitative estimate of drug-likeness (QED) is 0.0324. The smallest absolute Gasteiger partial charge is 0.330 e. The molecular weight excluding hydrogens is 869 g/mol. The van der Waals surface area contributed by atoms with E-state index in [0.29, 0.717) is 50.7 Å². The lowest BCUT2D eigenvalue weighted by molar-refractivity contribution is -0.153. The van der Waals surface area contributed by atoms with Gasteiger partial charge in [-0.05, 0) is 78.8 Å². The van der Waals surface area contributed by atoms with Gasteiger partial charge in [-0.1, -0.05) is 94.9 Å². The van der Waals surface area contributed by atoms with E-state index in [1.807, 2.05) is 94.4 Å². The maximum atomic E-state index is 13.3. The Hall–Kier alpha value is -7.22. The summed E-state index contributed by atoms with van der Waals surface area (Å²) in [4.78, 5) is 85.1. The molecule has 6 rings (SSSR count). The summed E-state index contributed by atoms with van der Waals surface area (Å²) < 4.78 is 32.8. The van der Waals surface area contributed by atoms with Crippen LogP contribution in [0.3, 0.4) is 0 Å². The van der Waals surface area contributed by atoms with Crippen molar-refractivity contribution in [2.24, 2.45) is 10.8 Å². The first-order chi connectivity index (χ1) is 32.1. The fraction of sp³-hybridized carbons (Fsp3) is 0.370. The van der Waals surface area contributed by atoms with Gasteiger partial charge in [0, 0.05) is 29.4 Å². The van der Waals surface area contributed by atoms with E-state index >= 15 is 0 Å². The van der Waals surface area contributed by atoms with Gasteiger partial charge in [-0.25, -0.2) is 14.8 Å². The van der Waals surface area contributed by atoms with E-state index in [2.05, 4.69) is 12.6 Å². The van der Waals surface area contributed by atoms with Crippen molar-refractivity contribution in [3.8, 4) is 22.8 Å². The van der Waals surface area contributed by atoms with Crippen LogP contribution in [0.1, 0.15) is 105 Å². The van der Waals surface area contributed by atoms with Crippen LogP contribution in [-0.4, -0.2) is 72.2 Å². The van der Waals surface area contributed by atoms with Gasteiger partial charge in [0.15, 0.2) is 0 Å². The third-order valence-corrected chi connectivity index (χ3v) is 11.5. The molecular formula is C54H58N2O12. The van der Waals surface area contributed by atoms with Gasteiger partial charge in [-0.3, -0.25) is 24.0 Å². The number of aromatic nitrogens is 2. The third kappa shape index (κ3) is 11.5. The molecule has 14 nitrogen and oxygen atoms in total. The number of ether oxygens (including phenoxy) is 6. The van der Waals surface area contributed by atoms with Crippen molar-refractivity contribution in [2.75, 3.05) is 26.4 Å². The van der Waals surface area contributed by atoms with Crippen LogP contribution >= 0.6 is 0 Å². The van der Waals surface area contributed by atoms with Gasteiger partial charge in [0.05, 0.1) is 79.9 Å². The third-order valence-electron chi connectivity index (χ3n) is 11.5. The Morgan fingerprint density at radius 2 is 0.985 bits per heavy atom. The number of carbonyl (C=O) groups excluding carboxylic acids is 6. The molecule has 0 amide bonds. The zero-order valence-corrected chi connectivity index (χ0v) is 40.2. The maximum absolute atomic E-state index is 13.3. The molecule has 0 N–H and O–H groups in total. The highest BCUT2D eigenvalue weighted by Crippen LogP contribution is 2.56. The van der Waals surface area contributed by atoms with Crippen LogP contribution in [0.25, 0.3) is 22.3 Å². The lowest BCUT2D eigenvalue weighted by Crippen LogP contribution is -2.30. The first kappa shape index (κ1) is 50.2. The van der Waals surface area contributed by atoms with E-state index in [-0.39, 0.29) is 52.1 Å². The number of rotatable bonds is 19. The Labute approximate surface area is 396 Å².